The minimum Gasteiger partial charge on any atom is -0.383 e. The van der Waals surface area contributed by atoms with E-state index in [4.69, 9.17) is 5.11 Å². The molecule has 0 aliphatic heterocycles. The fourth-order valence-corrected chi connectivity index (χ4v) is 0.608. The number of amides is 1. The summed E-state index contributed by atoms with van der Waals surface area (Å²) in [6.07, 6.45) is -0.363. The third-order valence-electron chi connectivity index (χ3n) is 1.37. The molecular formula is C8H17NO2. The number of hydrogen-bond acceptors (Lipinski definition) is 2. The van der Waals surface area contributed by atoms with Crippen molar-refractivity contribution < 1.29 is 9.90 Å². The average Bonchev–Trinajstić information content (AvgIpc) is 1.98. The number of aliphatic hydroxyl groups is 1. The first-order valence-electron chi connectivity index (χ1n) is 4.03. The van der Waals surface area contributed by atoms with E-state index in [0.717, 1.165) is 0 Å². The number of rotatable bonds is 4. The van der Waals surface area contributed by atoms with E-state index in [2.05, 4.69) is 5.32 Å². The molecule has 0 bridgehead atoms. The van der Waals surface area contributed by atoms with E-state index in [-0.39, 0.29) is 5.91 Å². The normalized spacial score (nSPS) is 13.2. The minimum atomic E-state index is -0.839. The summed E-state index contributed by atoms with van der Waals surface area (Å²) in [7, 11) is 0. The lowest BCUT2D eigenvalue weighted by molar-refractivity contribution is -0.129. The van der Waals surface area contributed by atoms with Gasteiger partial charge in [0, 0.05) is 6.54 Å². The maximum absolute atomic E-state index is 10.9. The van der Waals surface area contributed by atoms with E-state index in [1.165, 1.54) is 0 Å². The minimum absolute atomic E-state index is 0.263. The van der Waals surface area contributed by atoms with Crippen LogP contribution in [0.1, 0.15) is 27.2 Å². The van der Waals surface area contributed by atoms with Crippen molar-refractivity contribution in [2.45, 2.75) is 33.3 Å². The molecule has 66 valence electrons. The maximum atomic E-state index is 10.9. The molecule has 0 fully saturated rings. The van der Waals surface area contributed by atoms with Gasteiger partial charge in [-0.1, -0.05) is 20.8 Å². The highest BCUT2D eigenvalue weighted by molar-refractivity contribution is 5.80. The molecule has 2 N–H and O–H groups in total. The van der Waals surface area contributed by atoms with E-state index in [9.17, 15) is 4.79 Å². The van der Waals surface area contributed by atoms with Crippen LogP contribution in [-0.2, 0) is 4.79 Å². The van der Waals surface area contributed by atoms with Gasteiger partial charge in [-0.15, -0.1) is 0 Å². The Hall–Kier alpha value is -0.570. The van der Waals surface area contributed by atoms with Gasteiger partial charge >= 0.3 is 0 Å². The Morgan fingerprint density at radius 2 is 2.09 bits per heavy atom. The summed E-state index contributed by atoms with van der Waals surface area (Å²) in [4.78, 5) is 10.9. The van der Waals surface area contributed by atoms with Crippen molar-refractivity contribution in [1.82, 2.24) is 5.32 Å². The van der Waals surface area contributed by atoms with Gasteiger partial charge in [0.05, 0.1) is 0 Å². The lowest BCUT2D eigenvalue weighted by atomic mass is 10.2. The average molecular weight is 159 g/mol. The molecule has 3 heteroatoms. The van der Waals surface area contributed by atoms with Gasteiger partial charge in [0.1, 0.15) is 6.10 Å². The number of aliphatic hydroxyl groups excluding tert-OH is 1. The van der Waals surface area contributed by atoms with Crippen molar-refractivity contribution in [2.75, 3.05) is 6.54 Å². The van der Waals surface area contributed by atoms with Crippen molar-refractivity contribution in [3.8, 4) is 0 Å². The van der Waals surface area contributed by atoms with E-state index >= 15 is 0 Å². The predicted octanol–water partition coefficient (Wildman–Crippen LogP) is 0.529. The Bertz CT molecular complexity index is 123. The Balaban J connectivity index is 3.52. The second-order valence-electron chi connectivity index (χ2n) is 3.06. The molecule has 0 heterocycles. The molecule has 0 radical (unpaired) electrons. The molecule has 0 aromatic heterocycles. The first-order chi connectivity index (χ1) is 5.07. The van der Waals surface area contributed by atoms with E-state index in [1.54, 1.807) is 6.92 Å². The van der Waals surface area contributed by atoms with Gasteiger partial charge in [0.15, 0.2) is 0 Å². The molecular weight excluding hydrogens is 142 g/mol. The van der Waals surface area contributed by atoms with E-state index in [1.807, 2.05) is 13.8 Å². The van der Waals surface area contributed by atoms with Gasteiger partial charge in [-0.3, -0.25) is 4.79 Å². The molecule has 0 rings (SSSR count). The molecule has 0 saturated carbocycles. The molecule has 0 aliphatic rings. The molecule has 0 saturated heterocycles. The van der Waals surface area contributed by atoms with Crippen LogP contribution in [-0.4, -0.2) is 23.7 Å². The molecule has 1 amide bonds. The van der Waals surface area contributed by atoms with E-state index < -0.39 is 6.10 Å². The second kappa shape index (κ2) is 5.13. The molecule has 0 spiro atoms. The molecule has 0 aliphatic carbocycles. The van der Waals surface area contributed by atoms with Crippen LogP contribution in [0.3, 0.4) is 0 Å². The fraction of sp³-hybridized carbons (Fsp3) is 0.875. The maximum Gasteiger partial charge on any atom is 0.248 e. The largest absolute Gasteiger partial charge is 0.383 e. The Labute approximate surface area is 67.8 Å². The van der Waals surface area contributed by atoms with Crippen LogP contribution < -0.4 is 5.32 Å². The van der Waals surface area contributed by atoms with E-state index in [0.29, 0.717) is 18.9 Å². The zero-order valence-electron chi connectivity index (χ0n) is 7.42. The highest BCUT2D eigenvalue weighted by Crippen LogP contribution is 1.91. The van der Waals surface area contributed by atoms with Crippen LogP contribution in [0.15, 0.2) is 0 Å². The molecule has 11 heavy (non-hydrogen) atoms. The number of hydrogen-bond donors (Lipinski definition) is 2. The molecule has 0 aromatic carbocycles. The highest BCUT2D eigenvalue weighted by atomic mass is 16.3. The van der Waals surface area contributed by atoms with Crippen molar-refractivity contribution in [1.29, 1.82) is 0 Å². The first kappa shape index (κ1) is 10.4. The summed E-state index contributed by atoms with van der Waals surface area (Å²) < 4.78 is 0. The third-order valence-corrected chi connectivity index (χ3v) is 1.37. The molecule has 0 aromatic rings. The predicted molar refractivity (Wildman–Crippen MR) is 44.1 cm³/mol. The van der Waals surface area contributed by atoms with Crippen LogP contribution in [0.2, 0.25) is 0 Å². The van der Waals surface area contributed by atoms with Crippen LogP contribution in [0.25, 0.3) is 0 Å². The topological polar surface area (TPSA) is 49.3 Å². The van der Waals surface area contributed by atoms with Crippen molar-refractivity contribution in [3.05, 3.63) is 0 Å². The summed E-state index contributed by atoms with van der Waals surface area (Å²) in [6.45, 7) is 6.44. The number of carbonyl (C=O) groups is 1. The molecule has 3 nitrogen and oxygen atoms in total. The summed E-state index contributed by atoms with van der Waals surface area (Å²) in [5.41, 5.74) is 0. The summed E-state index contributed by atoms with van der Waals surface area (Å²) >= 11 is 0. The summed E-state index contributed by atoms with van der Waals surface area (Å²) in [5, 5.41) is 11.7. The standard InChI is InChI=1S/C8H17NO2/c1-4-7(10)8(11)9-5-6(2)3/h6-7,10H,4-5H2,1-3H3,(H,9,11)/t7-/m0/s1. The second-order valence-corrected chi connectivity index (χ2v) is 3.06. The Kier molecular flexibility index (Phi) is 4.86. The van der Waals surface area contributed by atoms with Crippen molar-refractivity contribution >= 4 is 5.91 Å². The Morgan fingerprint density at radius 1 is 1.55 bits per heavy atom. The lowest BCUT2D eigenvalue weighted by Gasteiger charge is -2.10. The van der Waals surface area contributed by atoms with Crippen LogP contribution in [0.4, 0.5) is 0 Å². The van der Waals surface area contributed by atoms with Gasteiger partial charge in [0.2, 0.25) is 5.91 Å². The summed E-state index contributed by atoms with van der Waals surface area (Å²) in [5.74, 6) is 0.171. The quantitative estimate of drug-likeness (QED) is 0.628. The van der Waals surface area contributed by atoms with Gasteiger partial charge in [0.25, 0.3) is 0 Å². The van der Waals surface area contributed by atoms with Gasteiger partial charge in [-0.25, -0.2) is 0 Å². The number of carbonyl (C=O) groups excluding carboxylic acids is 1. The van der Waals surface area contributed by atoms with Gasteiger partial charge in [-0.05, 0) is 12.3 Å². The van der Waals surface area contributed by atoms with Gasteiger partial charge < -0.3 is 10.4 Å². The van der Waals surface area contributed by atoms with Crippen LogP contribution in [0.5, 0.6) is 0 Å². The Morgan fingerprint density at radius 3 is 2.45 bits per heavy atom. The monoisotopic (exact) mass is 159 g/mol. The lowest BCUT2D eigenvalue weighted by Crippen LogP contribution is -2.36. The zero-order valence-corrected chi connectivity index (χ0v) is 7.42. The molecule has 1 atom stereocenters. The van der Waals surface area contributed by atoms with Crippen molar-refractivity contribution in [3.63, 3.8) is 0 Å². The van der Waals surface area contributed by atoms with Gasteiger partial charge in [-0.2, -0.15) is 0 Å². The zero-order chi connectivity index (χ0) is 8.85. The smallest absolute Gasteiger partial charge is 0.248 e. The first-order valence-corrected chi connectivity index (χ1v) is 4.03. The SMILES string of the molecule is CC[C@H](O)C(=O)NCC(C)C. The third kappa shape index (κ3) is 4.79. The van der Waals surface area contributed by atoms with Crippen LogP contribution in [0, 0.1) is 5.92 Å². The highest BCUT2D eigenvalue weighted by Gasteiger charge is 2.11. The fourth-order valence-electron chi connectivity index (χ4n) is 0.608. The summed E-state index contributed by atoms with van der Waals surface area (Å²) in [6, 6.07) is 0. The van der Waals surface area contributed by atoms with Crippen molar-refractivity contribution in [2.24, 2.45) is 5.92 Å². The van der Waals surface area contributed by atoms with Crippen LogP contribution >= 0.6 is 0 Å². The number of nitrogens with one attached hydrogen (secondary N) is 1. The molecule has 0 unspecified atom stereocenters.